The number of carbonyl (C=O) groups is 1. The summed E-state index contributed by atoms with van der Waals surface area (Å²) >= 11 is 1.18. The van der Waals surface area contributed by atoms with E-state index in [1.54, 1.807) is 32.1 Å². The molecule has 1 fully saturated rings. The Hall–Kier alpha value is -4.25. The monoisotopic (exact) mass is 562 g/mol. The van der Waals surface area contributed by atoms with E-state index in [1.165, 1.54) is 35.1 Å². The summed E-state index contributed by atoms with van der Waals surface area (Å²) in [5, 5.41) is 11.6. The number of nitrogens with zero attached hydrogens (tertiary/aromatic N) is 4. The van der Waals surface area contributed by atoms with Crippen LogP contribution in [0.25, 0.3) is 6.08 Å². The second-order valence-corrected chi connectivity index (χ2v) is 10.6. The van der Waals surface area contributed by atoms with E-state index in [-0.39, 0.29) is 23.4 Å². The number of thiazole rings is 1. The van der Waals surface area contributed by atoms with Crippen LogP contribution in [-0.4, -0.2) is 42.3 Å². The van der Waals surface area contributed by atoms with Crippen LogP contribution in [-0.2, 0) is 9.53 Å². The lowest BCUT2D eigenvalue weighted by molar-refractivity contribution is -0.384. The first kappa shape index (κ1) is 27.3. The van der Waals surface area contributed by atoms with Gasteiger partial charge in [0.2, 0.25) is 0 Å². The molecule has 10 nitrogen and oxygen atoms in total. The number of nitro benzene ring substituents is 1. The summed E-state index contributed by atoms with van der Waals surface area (Å²) in [5.74, 6) is -0.0374. The van der Waals surface area contributed by atoms with Crippen LogP contribution < -0.4 is 24.5 Å². The van der Waals surface area contributed by atoms with Gasteiger partial charge in [0.1, 0.15) is 11.8 Å². The number of ether oxygens (including phenoxy) is 2. The van der Waals surface area contributed by atoms with Crippen LogP contribution in [0.1, 0.15) is 50.3 Å². The van der Waals surface area contributed by atoms with Crippen molar-refractivity contribution < 1.29 is 19.2 Å². The Morgan fingerprint density at radius 2 is 1.95 bits per heavy atom. The number of anilines is 1. The Morgan fingerprint density at radius 1 is 1.20 bits per heavy atom. The number of benzene rings is 2. The molecule has 0 bridgehead atoms. The number of fused-ring (bicyclic) bond motifs is 1. The maximum Gasteiger partial charge on any atom is 0.338 e. The quantitative estimate of drug-likeness (QED) is 0.245. The molecule has 3 heterocycles. The first-order valence-electron chi connectivity index (χ1n) is 13.2. The number of carbonyl (C=O) groups excluding carboxylic acids is 1. The topological polar surface area (TPSA) is 116 Å². The molecular weight excluding hydrogens is 532 g/mol. The number of nitro groups is 1. The summed E-state index contributed by atoms with van der Waals surface area (Å²) in [4.78, 5) is 45.6. The number of hydrogen-bond donors (Lipinski definition) is 0. The molecule has 0 amide bonds. The van der Waals surface area contributed by atoms with Crippen molar-refractivity contribution in [3.05, 3.63) is 94.7 Å². The minimum Gasteiger partial charge on any atom is -0.496 e. The number of piperidine rings is 1. The fraction of sp³-hybridized carbons (Fsp3) is 0.345. The molecule has 2 aromatic carbocycles. The second-order valence-electron chi connectivity index (χ2n) is 9.59. The van der Waals surface area contributed by atoms with Gasteiger partial charge in [0, 0.05) is 42.0 Å². The Kier molecular flexibility index (Phi) is 7.83. The van der Waals surface area contributed by atoms with Crippen molar-refractivity contribution in [2.75, 3.05) is 31.7 Å². The fourth-order valence-corrected chi connectivity index (χ4v) is 6.35. The fourth-order valence-electron chi connectivity index (χ4n) is 5.31. The lowest BCUT2D eigenvalue weighted by Crippen LogP contribution is -2.40. The van der Waals surface area contributed by atoms with Gasteiger partial charge in [0.05, 0.1) is 34.4 Å². The smallest absolute Gasteiger partial charge is 0.338 e. The predicted octanol–water partition coefficient (Wildman–Crippen LogP) is 3.71. The van der Waals surface area contributed by atoms with E-state index in [1.807, 2.05) is 18.2 Å². The van der Waals surface area contributed by atoms with Gasteiger partial charge >= 0.3 is 5.97 Å². The Morgan fingerprint density at radius 3 is 2.65 bits per heavy atom. The lowest BCUT2D eigenvalue weighted by Gasteiger charge is -2.30. The van der Waals surface area contributed by atoms with Gasteiger partial charge < -0.3 is 14.4 Å². The molecule has 40 heavy (non-hydrogen) atoms. The maximum absolute atomic E-state index is 14.1. The van der Waals surface area contributed by atoms with Crippen LogP contribution in [0, 0.1) is 10.1 Å². The summed E-state index contributed by atoms with van der Waals surface area (Å²) in [6, 6.07) is 11.2. The average Bonchev–Trinajstić information content (AvgIpc) is 3.26. The number of methoxy groups -OCH3 is 1. The van der Waals surface area contributed by atoms with Crippen molar-refractivity contribution in [3.63, 3.8) is 0 Å². The van der Waals surface area contributed by atoms with Gasteiger partial charge in [-0.05, 0) is 51.3 Å². The summed E-state index contributed by atoms with van der Waals surface area (Å²) in [6.07, 6.45) is 4.91. The first-order chi connectivity index (χ1) is 19.3. The number of hydrogen-bond acceptors (Lipinski definition) is 9. The van der Waals surface area contributed by atoms with E-state index in [0.29, 0.717) is 31.9 Å². The molecule has 1 atom stereocenters. The zero-order valence-electron chi connectivity index (χ0n) is 22.6. The molecule has 1 saturated heterocycles. The van der Waals surface area contributed by atoms with E-state index >= 15 is 0 Å². The number of allylic oxidation sites excluding steroid dienone is 1. The number of rotatable bonds is 7. The largest absolute Gasteiger partial charge is 0.496 e. The molecule has 2 aliphatic heterocycles. The molecule has 2 aliphatic rings. The normalized spacial score (nSPS) is 17.3. The van der Waals surface area contributed by atoms with Crippen molar-refractivity contribution in [3.8, 4) is 5.75 Å². The third kappa shape index (κ3) is 5.04. The summed E-state index contributed by atoms with van der Waals surface area (Å²) in [5.41, 5.74) is 2.37. The highest BCUT2D eigenvalue weighted by atomic mass is 32.1. The molecule has 11 heteroatoms. The summed E-state index contributed by atoms with van der Waals surface area (Å²) in [7, 11) is 1.54. The minimum absolute atomic E-state index is 0.0490. The van der Waals surface area contributed by atoms with Gasteiger partial charge in [-0.25, -0.2) is 9.79 Å². The van der Waals surface area contributed by atoms with Crippen molar-refractivity contribution in [2.45, 2.75) is 39.2 Å². The Labute approximate surface area is 234 Å². The van der Waals surface area contributed by atoms with Crippen LogP contribution in [0.4, 0.5) is 11.4 Å². The Bertz CT molecular complexity index is 1680. The summed E-state index contributed by atoms with van der Waals surface area (Å²) < 4.78 is 12.8. The molecule has 0 spiro atoms. The second kappa shape index (κ2) is 11.5. The van der Waals surface area contributed by atoms with Crippen molar-refractivity contribution >= 4 is 34.8 Å². The van der Waals surface area contributed by atoms with Gasteiger partial charge in [0.25, 0.3) is 11.2 Å². The van der Waals surface area contributed by atoms with Crippen molar-refractivity contribution in [1.82, 2.24) is 4.57 Å². The third-order valence-corrected chi connectivity index (χ3v) is 8.14. The highest BCUT2D eigenvalue weighted by molar-refractivity contribution is 7.07. The molecule has 0 unspecified atom stereocenters. The van der Waals surface area contributed by atoms with E-state index < -0.39 is 16.9 Å². The van der Waals surface area contributed by atoms with Gasteiger partial charge in [-0.3, -0.25) is 19.5 Å². The third-order valence-electron chi connectivity index (χ3n) is 7.16. The molecule has 208 valence electrons. The molecule has 5 rings (SSSR count). The van der Waals surface area contributed by atoms with Gasteiger partial charge in [0.15, 0.2) is 4.80 Å². The highest BCUT2D eigenvalue weighted by Gasteiger charge is 2.35. The SMILES string of the molecule is CCOC(=O)C1=C(C)N=c2s/c(=C/c3cc([N+](=O)[O-])ccc3N3CCCCC3)c(=O)n2[C@H]1c1ccccc1OC. The first-order valence-corrected chi connectivity index (χ1v) is 14.0. The van der Waals surface area contributed by atoms with Gasteiger partial charge in [-0.15, -0.1) is 0 Å². The zero-order chi connectivity index (χ0) is 28.4. The van der Waals surface area contributed by atoms with E-state index in [2.05, 4.69) is 9.89 Å². The van der Waals surface area contributed by atoms with Crippen LogP contribution in [0.5, 0.6) is 5.75 Å². The zero-order valence-corrected chi connectivity index (χ0v) is 23.4. The van der Waals surface area contributed by atoms with E-state index in [9.17, 15) is 19.7 Å². The molecule has 0 saturated carbocycles. The predicted molar refractivity (Wildman–Crippen MR) is 153 cm³/mol. The maximum atomic E-state index is 14.1. The standard InChI is InChI=1S/C29H30N4O6S/c1-4-39-28(35)25-18(2)30-29-32(26(25)21-10-6-7-11-23(21)38-3)27(34)24(40-29)17-19-16-20(33(36)37)12-13-22(19)31-14-8-5-9-15-31/h6-7,10-13,16-17,26H,4-5,8-9,14-15H2,1-3H3/b24-17+/t26-/m0/s1. The van der Waals surface area contributed by atoms with Crippen LogP contribution in [0.15, 0.2) is 63.5 Å². The van der Waals surface area contributed by atoms with Crippen LogP contribution >= 0.6 is 11.3 Å². The van der Waals surface area contributed by atoms with Gasteiger partial charge in [-0.1, -0.05) is 29.5 Å². The van der Waals surface area contributed by atoms with Crippen molar-refractivity contribution in [1.29, 1.82) is 0 Å². The number of para-hydroxylation sites is 1. The minimum atomic E-state index is -0.819. The molecule has 0 aliphatic carbocycles. The number of esters is 1. The average molecular weight is 563 g/mol. The number of non-ortho nitro benzene ring substituents is 1. The highest BCUT2D eigenvalue weighted by Crippen LogP contribution is 2.36. The lowest BCUT2D eigenvalue weighted by atomic mass is 9.95. The van der Waals surface area contributed by atoms with E-state index in [4.69, 9.17) is 9.47 Å². The molecule has 1 aromatic heterocycles. The number of aromatic nitrogens is 1. The molecule has 3 aromatic rings. The molecule has 0 N–H and O–H groups in total. The molecular formula is C29H30N4O6S. The van der Waals surface area contributed by atoms with E-state index in [0.717, 1.165) is 38.0 Å². The Balaban J connectivity index is 1.74. The van der Waals surface area contributed by atoms with Crippen molar-refractivity contribution in [2.24, 2.45) is 4.99 Å². The molecule has 0 radical (unpaired) electrons. The van der Waals surface area contributed by atoms with Crippen LogP contribution in [0.3, 0.4) is 0 Å². The van der Waals surface area contributed by atoms with Crippen LogP contribution in [0.2, 0.25) is 0 Å². The summed E-state index contributed by atoms with van der Waals surface area (Å²) in [6.45, 7) is 5.30. The van der Waals surface area contributed by atoms with Gasteiger partial charge in [-0.2, -0.15) is 0 Å².